The normalized spacial score (nSPS) is 20.6. The number of nitrogens with zero attached hydrogens (tertiary/aromatic N) is 6. The van der Waals surface area contributed by atoms with Crippen LogP contribution in [0.15, 0.2) is 33.8 Å². The maximum Gasteiger partial charge on any atom is 0.277 e. The number of β-amino-alcohol motifs (C(OH)–C–C–N with tert-alkyl or cyclic N) is 1. The van der Waals surface area contributed by atoms with Crippen LogP contribution < -0.4 is 5.56 Å². The average molecular weight is 454 g/mol. The number of imidazole rings is 1. The van der Waals surface area contributed by atoms with Gasteiger partial charge in [0, 0.05) is 19.6 Å². The van der Waals surface area contributed by atoms with Crippen LogP contribution in [0.5, 0.6) is 0 Å². The van der Waals surface area contributed by atoms with Gasteiger partial charge in [-0.1, -0.05) is 5.16 Å². The van der Waals surface area contributed by atoms with E-state index in [1.807, 2.05) is 0 Å². The summed E-state index contributed by atoms with van der Waals surface area (Å²) in [5.74, 6) is -0.202. The highest BCUT2D eigenvalue weighted by Crippen LogP contribution is 2.44. The zero-order chi connectivity index (χ0) is 22.7. The van der Waals surface area contributed by atoms with Crippen LogP contribution in [0.25, 0.3) is 28.1 Å². The first kappa shape index (κ1) is 20.5. The van der Waals surface area contributed by atoms with Crippen LogP contribution in [-0.4, -0.2) is 64.9 Å². The number of hydrogen-bond donors (Lipinski definition) is 2. The fourth-order valence-electron chi connectivity index (χ4n) is 4.59. The van der Waals surface area contributed by atoms with E-state index < -0.39 is 11.4 Å². The van der Waals surface area contributed by atoms with Crippen LogP contribution in [0.2, 0.25) is 0 Å². The van der Waals surface area contributed by atoms with Crippen LogP contribution >= 0.6 is 0 Å². The fraction of sp³-hybridized carbons (Fsp3) is 0.455. The number of aliphatic hydroxyl groups excluding tert-OH is 1. The van der Waals surface area contributed by atoms with Gasteiger partial charge in [-0.3, -0.25) is 14.1 Å². The topological polar surface area (TPSA) is 122 Å². The molecule has 4 heterocycles. The lowest BCUT2D eigenvalue weighted by Gasteiger charge is -2.30. The first-order valence-electron chi connectivity index (χ1n) is 11.1. The second-order valence-electron chi connectivity index (χ2n) is 8.95. The molecule has 0 bridgehead atoms. The third-order valence-corrected chi connectivity index (χ3v) is 6.58. The van der Waals surface area contributed by atoms with E-state index in [0.29, 0.717) is 43.5 Å². The second kappa shape index (κ2) is 7.44. The minimum absolute atomic E-state index is 0.116. The Morgan fingerprint density at radius 3 is 2.88 bits per heavy atom. The van der Waals surface area contributed by atoms with Crippen molar-refractivity contribution < 1.29 is 19.1 Å². The van der Waals surface area contributed by atoms with E-state index in [-0.39, 0.29) is 34.6 Å². The van der Waals surface area contributed by atoms with Crippen LogP contribution in [0.1, 0.15) is 31.6 Å². The van der Waals surface area contributed by atoms with Crippen molar-refractivity contribution in [1.29, 1.82) is 0 Å². The van der Waals surface area contributed by atoms with Gasteiger partial charge in [-0.15, -0.1) is 0 Å². The molecule has 33 heavy (non-hydrogen) atoms. The maximum atomic E-state index is 14.1. The van der Waals surface area contributed by atoms with Gasteiger partial charge in [0.2, 0.25) is 5.82 Å². The molecule has 1 saturated carbocycles. The Balaban J connectivity index is 1.47. The summed E-state index contributed by atoms with van der Waals surface area (Å²) in [6, 6.07) is 4.29. The van der Waals surface area contributed by atoms with Gasteiger partial charge >= 0.3 is 0 Å². The smallest absolute Gasteiger partial charge is 0.277 e. The number of rotatable bonds is 5. The molecule has 1 aliphatic heterocycles. The molecule has 0 radical (unpaired) electrons. The maximum absolute atomic E-state index is 14.1. The Morgan fingerprint density at radius 1 is 1.24 bits per heavy atom. The Kier molecular flexibility index (Phi) is 4.61. The summed E-state index contributed by atoms with van der Waals surface area (Å²) in [7, 11) is 0. The summed E-state index contributed by atoms with van der Waals surface area (Å²) in [5.41, 5.74) is 0.123. The molecule has 172 valence electrons. The number of benzene rings is 1. The van der Waals surface area contributed by atoms with Crippen molar-refractivity contribution in [3.8, 4) is 11.5 Å². The average Bonchev–Trinajstić information content (AvgIpc) is 3.19. The zero-order valence-electron chi connectivity index (χ0n) is 17.8. The van der Waals surface area contributed by atoms with E-state index in [2.05, 4.69) is 20.0 Å². The summed E-state index contributed by atoms with van der Waals surface area (Å²) < 4.78 is 22.5. The molecule has 1 atom stereocenters. The SMILES string of the molecule is O=c1c2c(-c3noc(C4(O)CC4)n3)ncn2c2ccc(F)cc2n1CCN1CCCC(O)C1. The van der Waals surface area contributed by atoms with Crippen molar-refractivity contribution in [2.45, 2.75) is 43.9 Å². The van der Waals surface area contributed by atoms with E-state index in [1.54, 1.807) is 10.5 Å². The van der Waals surface area contributed by atoms with Gasteiger partial charge in [0.05, 0.1) is 17.1 Å². The lowest BCUT2D eigenvalue weighted by Crippen LogP contribution is -2.40. The second-order valence-corrected chi connectivity index (χ2v) is 8.95. The number of fused-ring (bicyclic) bond motifs is 3. The lowest BCUT2D eigenvalue weighted by atomic mass is 10.1. The molecule has 11 heteroatoms. The minimum atomic E-state index is -1.09. The standard InChI is InChI=1S/C22H23FN6O4/c23-13-3-4-15-16(10-13)28(9-8-27-7-1-2-14(30)11-27)20(31)18-17(24-12-29(15)18)19-25-21(33-26-19)22(32)5-6-22/h3-4,10,12,14,30,32H,1-2,5-9,11H2. The Labute approximate surface area is 186 Å². The van der Waals surface area contributed by atoms with E-state index >= 15 is 0 Å². The van der Waals surface area contributed by atoms with Crippen molar-refractivity contribution in [2.24, 2.45) is 0 Å². The fourth-order valence-corrected chi connectivity index (χ4v) is 4.59. The van der Waals surface area contributed by atoms with Gasteiger partial charge in [0.25, 0.3) is 11.4 Å². The van der Waals surface area contributed by atoms with Gasteiger partial charge < -0.3 is 19.3 Å². The van der Waals surface area contributed by atoms with Gasteiger partial charge in [-0.25, -0.2) is 9.37 Å². The highest BCUT2D eigenvalue weighted by atomic mass is 19.1. The molecule has 1 saturated heterocycles. The van der Waals surface area contributed by atoms with Gasteiger partial charge in [0.15, 0.2) is 0 Å². The molecule has 6 rings (SSSR count). The molecule has 4 aromatic rings. The number of aliphatic hydroxyl groups is 2. The molecule has 1 unspecified atom stereocenters. The van der Waals surface area contributed by atoms with Crippen LogP contribution in [0.3, 0.4) is 0 Å². The molecule has 1 aromatic carbocycles. The highest BCUT2D eigenvalue weighted by Gasteiger charge is 2.48. The summed E-state index contributed by atoms with van der Waals surface area (Å²) in [4.78, 5) is 24.4. The zero-order valence-corrected chi connectivity index (χ0v) is 17.8. The van der Waals surface area contributed by atoms with Crippen LogP contribution in [-0.2, 0) is 12.1 Å². The third-order valence-electron chi connectivity index (χ3n) is 6.58. The molecule has 10 nitrogen and oxygen atoms in total. The number of halogens is 1. The predicted molar refractivity (Wildman–Crippen MR) is 115 cm³/mol. The number of piperidine rings is 1. The summed E-state index contributed by atoms with van der Waals surface area (Å²) >= 11 is 0. The minimum Gasteiger partial charge on any atom is -0.392 e. The molecule has 3 aromatic heterocycles. The predicted octanol–water partition coefficient (Wildman–Crippen LogP) is 1.28. The highest BCUT2D eigenvalue weighted by molar-refractivity contribution is 5.83. The Bertz CT molecular complexity index is 1420. The Morgan fingerprint density at radius 2 is 2.09 bits per heavy atom. The van der Waals surface area contributed by atoms with Crippen molar-refractivity contribution in [3.05, 3.63) is 46.6 Å². The largest absolute Gasteiger partial charge is 0.392 e. The third kappa shape index (κ3) is 3.43. The number of hydrogen-bond acceptors (Lipinski definition) is 8. The first-order valence-corrected chi connectivity index (χ1v) is 11.1. The van der Waals surface area contributed by atoms with Gasteiger partial charge in [-0.05, 0) is 50.4 Å². The van der Waals surface area contributed by atoms with E-state index in [4.69, 9.17) is 4.52 Å². The van der Waals surface area contributed by atoms with Crippen molar-refractivity contribution in [1.82, 2.24) is 29.0 Å². The van der Waals surface area contributed by atoms with Gasteiger partial charge in [-0.2, -0.15) is 4.98 Å². The van der Waals surface area contributed by atoms with E-state index in [0.717, 1.165) is 19.4 Å². The van der Waals surface area contributed by atoms with E-state index in [1.165, 1.54) is 23.0 Å². The van der Waals surface area contributed by atoms with Crippen molar-refractivity contribution >= 4 is 16.6 Å². The molecule has 2 aliphatic rings. The number of aromatic nitrogens is 5. The molecular formula is C22H23FN6O4. The quantitative estimate of drug-likeness (QED) is 0.463. The van der Waals surface area contributed by atoms with Crippen molar-refractivity contribution in [3.63, 3.8) is 0 Å². The molecule has 2 N–H and O–H groups in total. The number of likely N-dealkylation sites (tertiary alicyclic amines) is 1. The summed E-state index contributed by atoms with van der Waals surface area (Å²) in [6.07, 6.45) is 3.88. The van der Waals surface area contributed by atoms with Crippen LogP contribution in [0.4, 0.5) is 4.39 Å². The monoisotopic (exact) mass is 454 g/mol. The molecule has 0 spiro atoms. The molecule has 0 amide bonds. The summed E-state index contributed by atoms with van der Waals surface area (Å²) in [6.45, 7) is 2.26. The molecular weight excluding hydrogens is 431 g/mol. The molecule has 1 aliphatic carbocycles. The van der Waals surface area contributed by atoms with Gasteiger partial charge in [0.1, 0.15) is 29.0 Å². The first-order chi connectivity index (χ1) is 15.9. The van der Waals surface area contributed by atoms with E-state index in [9.17, 15) is 19.4 Å². The van der Waals surface area contributed by atoms with Crippen LogP contribution in [0, 0.1) is 5.82 Å². The Hall–Kier alpha value is -3.15. The molecule has 2 fully saturated rings. The summed E-state index contributed by atoms with van der Waals surface area (Å²) in [5, 5.41) is 24.2. The van der Waals surface area contributed by atoms with Crippen molar-refractivity contribution in [2.75, 3.05) is 19.6 Å². The lowest BCUT2D eigenvalue weighted by molar-refractivity contribution is 0.0690.